The van der Waals surface area contributed by atoms with Crippen molar-refractivity contribution in [3.05, 3.63) is 99.8 Å². The van der Waals surface area contributed by atoms with Gasteiger partial charge in [0.25, 0.3) is 0 Å². The molecule has 3 heterocycles. The van der Waals surface area contributed by atoms with Crippen LogP contribution in [0.3, 0.4) is 0 Å². The van der Waals surface area contributed by atoms with E-state index in [9.17, 15) is 61.1 Å². The molecule has 0 bridgehead atoms. The number of hydrogen-bond donors (Lipinski definition) is 3. The van der Waals surface area contributed by atoms with E-state index in [0.717, 1.165) is 37.3 Å². The Hall–Kier alpha value is -8.69. The first-order valence-corrected chi connectivity index (χ1v) is 34.6. The van der Waals surface area contributed by atoms with Crippen LogP contribution in [0.4, 0.5) is 13.2 Å². The minimum atomic E-state index is -4.80. The summed E-state index contributed by atoms with van der Waals surface area (Å²) in [5.41, 5.74) is 1.16. The lowest BCUT2D eigenvalue weighted by molar-refractivity contribution is -0.160. The number of nitrogens with one attached hydrogen (secondary N) is 3. The van der Waals surface area contributed by atoms with Gasteiger partial charge in [0, 0.05) is 95.2 Å². The van der Waals surface area contributed by atoms with Gasteiger partial charge in [-0.05, 0) is 105 Å². The maximum atomic E-state index is 15.3. The Bertz CT molecular complexity index is 3470. The van der Waals surface area contributed by atoms with Crippen LogP contribution in [-0.4, -0.2) is 257 Å². The van der Waals surface area contributed by atoms with Gasteiger partial charge in [-0.25, -0.2) is 0 Å². The van der Waals surface area contributed by atoms with E-state index in [1.165, 1.54) is 120 Å². The molecule has 5 rings (SSSR count). The summed E-state index contributed by atoms with van der Waals surface area (Å²) in [6, 6.07) is 0.0211. The zero-order valence-corrected chi connectivity index (χ0v) is 62.3. The third-order valence-corrected chi connectivity index (χ3v) is 20.1. The van der Waals surface area contributed by atoms with Crippen molar-refractivity contribution in [3.63, 3.8) is 0 Å². The summed E-state index contributed by atoms with van der Waals surface area (Å²) < 4.78 is 41.7. The number of nitrogens with zero attached hydrogens (tertiary/aromatic N) is 10. The fraction of sp³-hybridized carbons (Fsp3) is 0.597. The molecule has 2 aliphatic heterocycles. The molecule has 0 spiro atoms. The Morgan fingerprint density at radius 3 is 1.74 bits per heavy atom. The Kier molecular flexibility index (Phi) is 29.8. The van der Waals surface area contributed by atoms with Gasteiger partial charge < -0.3 is 60.0 Å². The fourth-order valence-electron chi connectivity index (χ4n) is 12.5. The minimum absolute atomic E-state index is 0.0695. The highest BCUT2D eigenvalue weighted by molar-refractivity contribution is 6.31. The Morgan fingerprint density at radius 2 is 1.20 bits per heavy atom. The third kappa shape index (κ3) is 21.0. The number of hydrogen-bond acceptors (Lipinski definition) is 13. The first kappa shape index (κ1) is 83.0. The van der Waals surface area contributed by atoms with Crippen molar-refractivity contribution in [1.29, 1.82) is 0 Å². The van der Waals surface area contributed by atoms with Crippen molar-refractivity contribution < 1.29 is 70.7 Å². The van der Waals surface area contributed by atoms with Crippen LogP contribution in [0.5, 0.6) is 0 Å². The van der Waals surface area contributed by atoms with Gasteiger partial charge in [0.15, 0.2) is 0 Å². The van der Waals surface area contributed by atoms with E-state index in [4.69, 9.17) is 11.6 Å². The largest absolute Gasteiger partial charge is 0.417 e. The standard InChI is InChI=1S/C72H103ClF3N13O12/c1-19-43(6)60-70(100)83(13)46(9)65(95)89-34-31-53(89)69(99)86(16)56(38-48-23-21-42(5)22-24-48)68(98)82(12)40-58(90)79-52(28-26-47-25-27-50(51(73)36-47)72(74,75)76)66(96)85(15)55(37-49-29-32-77-33-30-49)62(92)78-45(8)64(94)88(18)61(44(7)20-2)71(101)87(17)57(67(97)81(10)11)39-59(91)84(14)54(35-41(3)4)63(93)80-60/h21-25,27,29-30,32-33,36,41,43-46,52-57,60-61H,19-20,26,28,31,34-35,37-40H2,1-18H3,(H,78,92)(H,79,90)(H,80,93)/t43-,44-,45-,46-,52-,53-,54-,55-,56-,57-,60-,61-/m0/s1. The van der Waals surface area contributed by atoms with Gasteiger partial charge in [0.05, 0.1) is 23.6 Å². The molecule has 556 valence electrons. The van der Waals surface area contributed by atoms with Crippen molar-refractivity contribution >= 4 is 82.5 Å². The summed E-state index contributed by atoms with van der Waals surface area (Å²) in [5.74, 6) is -10.3. The van der Waals surface area contributed by atoms with E-state index >= 15 is 9.59 Å². The van der Waals surface area contributed by atoms with Crippen LogP contribution < -0.4 is 16.0 Å². The quantitative estimate of drug-likeness (QED) is 0.199. The Morgan fingerprint density at radius 1 is 0.634 bits per heavy atom. The van der Waals surface area contributed by atoms with Crippen molar-refractivity contribution in [2.75, 3.05) is 76.5 Å². The molecule has 0 unspecified atom stereocenters. The fourth-order valence-corrected chi connectivity index (χ4v) is 12.8. The number of aryl methyl sites for hydroxylation is 2. The first-order valence-electron chi connectivity index (χ1n) is 34.2. The second-order valence-corrected chi connectivity index (χ2v) is 28.1. The molecule has 3 N–H and O–H groups in total. The maximum absolute atomic E-state index is 15.3. The number of rotatable bonds is 14. The summed E-state index contributed by atoms with van der Waals surface area (Å²) in [5, 5.41) is 7.67. The van der Waals surface area contributed by atoms with Gasteiger partial charge in [-0.1, -0.05) is 102 Å². The monoisotopic (exact) mass is 1430 g/mol. The van der Waals surface area contributed by atoms with E-state index in [2.05, 4.69) is 20.9 Å². The number of carbonyl (C=O) groups is 12. The molecule has 25 nitrogen and oxygen atoms in total. The predicted octanol–water partition coefficient (Wildman–Crippen LogP) is 4.63. The van der Waals surface area contributed by atoms with E-state index in [0.29, 0.717) is 24.0 Å². The van der Waals surface area contributed by atoms with Crippen molar-refractivity contribution in [3.8, 4) is 0 Å². The van der Waals surface area contributed by atoms with E-state index < -0.39 is 173 Å². The molecular weight excluding hydrogens is 1330 g/mol. The highest BCUT2D eigenvalue weighted by Gasteiger charge is 2.47. The molecule has 3 aromatic rings. The highest BCUT2D eigenvalue weighted by atomic mass is 35.5. The van der Waals surface area contributed by atoms with E-state index in [1.54, 1.807) is 45.0 Å². The third-order valence-electron chi connectivity index (χ3n) is 19.7. The number of amides is 12. The van der Waals surface area contributed by atoms with Crippen LogP contribution in [0.15, 0.2) is 67.0 Å². The van der Waals surface area contributed by atoms with Crippen LogP contribution in [0.2, 0.25) is 5.02 Å². The van der Waals surface area contributed by atoms with E-state index in [1.807, 2.05) is 39.8 Å². The molecule has 1 aromatic heterocycles. The topological polar surface area (TPSA) is 283 Å². The molecule has 12 atom stereocenters. The smallest absolute Gasteiger partial charge is 0.347 e. The average Bonchev–Trinajstić information content (AvgIpc) is 0.783. The lowest BCUT2D eigenvalue weighted by Crippen LogP contribution is -2.65. The van der Waals surface area contributed by atoms with Gasteiger partial charge in [-0.15, -0.1) is 0 Å². The van der Waals surface area contributed by atoms with Crippen LogP contribution in [0.25, 0.3) is 0 Å². The zero-order valence-electron chi connectivity index (χ0n) is 61.5. The normalized spacial score (nSPS) is 24.8. The van der Waals surface area contributed by atoms with Gasteiger partial charge in [0.2, 0.25) is 70.9 Å². The number of pyridine rings is 1. The molecule has 2 fully saturated rings. The van der Waals surface area contributed by atoms with Crippen molar-refractivity contribution in [2.24, 2.45) is 17.8 Å². The molecule has 2 saturated heterocycles. The molecule has 0 radical (unpaired) electrons. The molecule has 12 amide bonds. The average molecular weight is 1440 g/mol. The number of carbonyl (C=O) groups excluding carboxylic acids is 12. The van der Waals surface area contributed by atoms with Gasteiger partial charge >= 0.3 is 6.18 Å². The number of alkyl halides is 3. The second kappa shape index (κ2) is 36.3. The first-order chi connectivity index (χ1) is 47.2. The SMILES string of the molecule is CC[C@H](C)[C@@H]1NC(=O)[C@H](CC(C)C)N(C)C(=O)C[C@@H](C(=O)N(C)C)N(C)C(=O)[C@H]([C@@H](C)CC)N(C)C(=O)[C@H](C)NC(=O)[C@H](Cc2ccncc2)N(C)C(=O)[C@H](CCc2ccc(C(F)(F)F)c(Cl)c2)NC(=O)CN(C)C(=O)[C@H](Cc2ccc(C)cc2)N(C)C(=O)[C@@H]2CCN2C(=O)[C@H](C)N(C)C1=O. The van der Waals surface area contributed by atoms with Gasteiger partial charge in [0.1, 0.15) is 60.4 Å². The lowest BCUT2D eigenvalue weighted by Gasteiger charge is -2.45. The Labute approximate surface area is 596 Å². The van der Waals surface area contributed by atoms with Crippen LogP contribution in [-0.2, 0) is 83.0 Å². The summed E-state index contributed by atoms with van der Waals surface area (Å²) in [6.07, 6.45) is -2.30. The number of fused-ring (bicyclic) bond motifs is 1. The summed E-state index contributed by atoms with van der Waals surface area (Å²) >= 11 is 6.15. The number of benzene rings is 2. The lowest BCUT2D eigenvalue weighted by atomic mass is 9.94. The van der Waals surface area contributed by atoms with Crippen LogP contribution in [0.1, 0.15) is 122 Å². The van der Waals surface area contributed by atoms with E-state index in [-0.39, 0.29) is 56.6 Å². The molecule has 2 aromatic carbocycles. The van der Waals surface area contributed by atoms with Crippen LogP contribution >= 0.6 is 11.6 Å². The summed E-state index contributed by atoms with van der Waals surface area (Å²) in [6.45, 7) is 14.8. The van der Waals surface area contributed by atoms with Crippen LogP contribution in [0, 0.1) is 24.7 Å². The second-order valence-electron chi connectivity index (χ2n) is 27.7. The zero-order chi connectivity index (χ0) is 76.0. The summed E-state index contributed by atoms with van der Waals surface area (Å²) in [4.78, 5) is 192. The molecule has 2 aliphatic rings. The van der Waals surface area contributed by atoms with Gasteiger partial charge in [-0.2, -0.15) is 13.2 Å². The van der Waals surface area contributed by atoms with Crippen molar-refractivity contribution in [2.45, 2.75) is 187 Å². The van der Waals surface area contributed by atoms with Gasteiger partial charge in [-0.3, -0.25) is 62.5 Å². The summed E-state index contributed by atoms with van der Waals surface area (Å²) in [7, 11) is 12.3. The van der Waals surface area contributed by atoms with Crippen molar-refractivity contribution in [1.82, 2.24) is 65.0 Å². The molecule has 0 saturated carbocycles. The predicted molar refractivity (Wildman–Crippen MR) is 374 cm³/mol. The molecule has 0 aliphatic carbocycles. The maximum Gasteiger partial charge on any atom is 0.417 e. The number of likely N-dealkylation sites (N-methyl/N-ethyl adjacent to an activating group) is 8. The number of aromatic nitrogens is 1. The highest BCUT2D eigenvalue weighted by Crippen LogP contribution is 2.35. The minimum Gasteiger partial charge on any atom is -0.347 e. The Balaban J connectivity index is 1.67. The number of halogens is 4. The molecule has 101 heavy (non-hydrogen) atoms. The molecule has 29 heteroatoms. The molecular formula is C72H103ClF3N13O12.